The number of nitrogens with zero attached hydrogens (tertiary/aromatic N) is 2. The Hall–Kier alpha value is -3.43. The molecule has 1 N–H and O–H groups in total. The summed E-state index contributed by atoms with van der Waals surface area (Å²) in [7, 11) is 1.45. The first kappa shape index (κ1) is 21.3. The van der Waals surface area contributed by atoms with Crippen LogP contribution in [-0.4, -0.2) is 20.6 Å². The summed E-state index contributed by atoms with van der Waals surface area (Å²) in [4.78, 5) is 27.4. The van der Waals surface area contributed by atoms with Crippen LogP contribution in [0.25, 0.3) is 10.9 Å². The fourth-order valence-corrected chi connectivity index (χ4v) is 3.01. The number of benzene rings is 2. The average Bonchev–Trinajstić information content (AvgIpc) is 2.66. The summed E-state index contributed by atoms with van der Waals surface area (Å²) in [5.74, 6) is -2.57. The summed E-state index contributed by atoms with van der Waals surface area (Å²) < 4.78 is 61.7. The first-order valence-electron chi connectivity index (χ1n) is 8.68. The van der Waals surface area contributed by atoms with E-state index in [0.29, 0.717) is 6.07 Å². The van der Waals surface area contributed by atoms with Crippen molar-refractivity contribution in [1.82, 2.24) is 9.55 Å². The molecule has 1 aromatic heterocycles. The Morgan fingerprint density at radius 1 is 1.23 bits per heavy atom. The summed E-state index contributed by atoms with van der Waals surface area (Å²) in [6, 6.07) is 4.61. The minimum atomic E-state index is -4.77. The summed E-state index contributed by atoms with van der Waals surface area (Å²) in [5, 5.41) is 8.85. The molecule has 1 atom stereocenters. The predicted molar refractivity (Wildman–Crippen MR) is 99.1 cm³/mol. The Labute approximate surface area is 167 Å². The van der Waals surface area contributed by atoms with Crippen molar-refractivity contribution in [2.75, 3.05) is 0 Å². The van der Waals surface area contributed by atoms with Crippen LogP contribution in [0.3, 0.4) is 0 Å². The Balaban J connectivity index is 2.13. The standard InChI is InChI=1S/C20H16F4N2O4/c1-9(30-17-5-4-11(19(28)29)6-15(17)21)12-7-13-16(8-14(12)20(22,23)24)25-10(2)26(3)18(13)27/h4-9H,1-3H3,(H,28,29)/t9-/m0/s1. The second-order valence-electron chi connectivity index (χ2n) is 6.69. The topological polar surface area (TPSA) is 81.4 Å². The highest BCUT2D eigenvalue weighted by Gasteiger charge is 2.36. The normalized spacial score (nSPS) is 12.8. The number of rotatable bonds is 4. The van der Waals surface area contributed by atoms with E-state index < -0.39 is 40.9 Å². The summed E-state index contributed by atoms with van der Waals surface area (Å²) in [6.45, 7) is 2.77. The molecule has 0 amide bonds. The van der Waals surface area contributed by atoms with Crippen LogP contribution in [0, 0.1) is 12.7 Å². The number of hydrogen-bond donors (Lipinski definition) is 1. The van der Waals surface area contributed by atoms with Gasteiger partial charge in [0, 0.05) is 12.6 Å². The van der Waals surface area contributed by atoms with E-state index in [1.165, 1.54) is 25.5 Å². The van der Waals surface area contributed by atoms with Gasteiger partial charge < -0.3 is 9.84 Å². The number of aromatic carboxylic acids is 1. The Morgan fingerprint density at radius 3 is 2.47 bits per heavy atom. The van der Waals surface area contributed by atoms with Crippen molar-refractivity contribution < 1.29 is 32.2 Å². The third-order valence-corrected chi connectivity index (χ3v) is 4.70. The summed E-state index contributed by atoms with van der Waals surface area (Å²) in [6.07, 6.45) is -6.08. The van der Waals surface area contributed by atoms with E-state index in [9.17, 15) is 27.2 Å². The molecule has 30 heavy (non-hydrogen) atoms. The first-order chi connectivity index (χ1) is 13.9. The van der Waals surface area contributed by atoms with Crippen molar-refractivity contribution in [2.45, 2.75) is 26.1 Å². The van der Waals surface area contributed by atoms with E-state index in [-0.39, 0.29) is 27.9 Å². The molecule has 0 bridgehead atoms. The summed E-state index contributed by atoms with van der Waals surface area (Å²) >= 11 is 0. The van der Waals surface area contributed by atoms with Crippen molar-refractivity contribution in [2.24, 2.45) is 7.05 Å². The molecule has 0 saturated heterocycles. The van der Waals surface area contributed by atoms with Crippen LogP contribution in [0.15, 0.2) is 35.1 Å². The van der Waals surface area contributed by atoms with Crippen LogP contribution in [-0.2, 0) is 13.2 Å². The molecular weight excluding hydrogens is 408 g/mol. The third kappa shape index (κ3) is 3.85. The number of ether oxygens (including phenoxy) is 1. The zero-order valence-corrected chi connectivity index (χ0v) is 16.0. The molecule has 0 radical (unpaired) electrons. The van der Waals surface area contributed by atoms with E-state index in [1.54, 1.807) is 0 Å². The van der Waals surface area contributed by atoms with Gasteiger partial charge in [-0.25, -0.2) is 14.2 Å². The number of carboxylic acids is 1. The molecular formula is C20H16F4N2O4. The number of carboxylic acid groups (broad SMARTS) is 1. The summed E-state index contributed by atoms with van der Waals surface area (Å²) in [5.41, 5.74) is -2.42. The van der Waals surface area contributed by atoms with Crippen LogP contribution < -0.4 is 10.3 Å². The molecule has 0 spiro atoms. The van der Waals surface area contributed by atoms with E-state index in [2.05, 4.69) is 4.98 Å². The number of aryl methyl sites for hydroxylation is 1. The van der Waals surface area contributed by atoms with Crippen LogP contribution in [0.1, 0.15) is 40.3 Å². The lowest BCUT2D eigenvalue weighted by atomic mass is 9.99. The third-order valence-electron chi connectivity index (χ3n) is 4.70. The van der Waals surface area contributed by atoms with Crippen molar-refractivity contribution in [1.29, 1.82) is 0 Å². The first-order valence-corrected chi connectivity index (χ1v) is 8.68. The van der Waals surface area contributed by atoms with Gasteiger partial charge in [-0.15, -0.1) is 0 Å². The van der Waals surface area contributed by atoms with E-state index in [0.717, 1.165) is 24.3 Å². The largest absolute Gasteiger partial charge is 0.483 e. The molecule has 2 aromatic carbocycles. The zero-order valence-electron chi connectivity index (χ0n) is 16.0. The minimum absolute atomic E-state index is 0.0387. The number of halogens is 4. The van der Waals surface area contributed by atoms with Crippen molar-refractivity contribution in [3.05, 3.63) is 69.0 Å². The molecule has 3 rings (SSSR count). The average molecular weight is 424 g/mol. The molecule has 0 aliphatic carbocycles. The maximum Gasteiger partial charge on any atom is 0.416 e. The van der Waals surface area contributed by atoms with Crippen molar-refractivity contribution in [3.63, 3.8) is 0 Å². The maximum absolute atomic E-state index is 14.2. The second-order valence-corrected chi connectivity index (χ2v) is 6.69. The number of carbonyl (C=O) groups is 1. The van der Waals surface area contributed by atoms with Gasteiger partial charge in [0.2, 0.25) is 0 Å². The van der Waals surface area contributed by atoms with Gasteiger partial charge in [0.1, 0.15) is 11.9 Å². The van der Waals surface area contributed by atoms with Crippen LogP contribution >= 0.6 is 0 Å². The monoisotopic (exact) mass is 424 g/mol. The van der Waals surface area contributed by atoms with Gasteiger partial charge in [0.25, 0.3) is 5.56 Å². The molecule has 0 saturated carbocycles. The number of aromatic nitrogens is 2. The molecule has 3 aromatic rings. The van der Waals surface area contributed by atoms with E-state index >= 15 is 0 Å². The molecule has 0 unspecified atom stereocenters. The van der Waals surface area contributed by atoms with Crippen molar-refractivity contribution in [3.8, 4) is 5.75 Å². The van der Waals surface area contributed by atoms with E-state index in [4.69, 9.17) is 9.84 Å². The number of hydrogen-bond acceptors (Lipinski definition) is 4. The molecule has 0 aliphatic heterocycles. The van der Waals surface area contributed by atoms with Crippen LogP contribution in [0.2, 0.25) is 0 Å². The quantitative estimate of drug-likeness (QED) is 0.634. The van der Waals surface area contributed by atoms with Gasteiger partial charge in [-0.2, -0.15) is 13.2 Å². The minimum Gasteiger partial charge on any atom is -0.483 e. The smallest absolute Gasteiger partial charge is 0.416 e. The second kappa shape index (κ2) is 7.43. The van der Waals surface area contributed by atoms with E-state index in [1.807, 2.05) is 0 Å². The molecule has 0 aliphatic rings. The fraction of sp³-hybridized carbons (Fsp3) is 0.250. The lowest BCUT2D eigenvalue weighted by Gasteiger charge is -2.21. The molecule has 0 fully saturated rings. The van der Waals surface area contributed by atoms with Crippen LogP contribution in [0.4, 0.5) is 17.6 Å². The number of alkyl halides is 3. The van der Waals surface area contributed by atoms with Crippen molar-refractivity contribution >= 4 is 16.9 Å². The molecule has 10 heteroatoms. The van der Waals surface area contributed by atoms with Gasteiger partial charge in [-0.05, 0) is 44.2 Å². The van der Waals surface area contributed by atoms with Gasteiger partial charge in [-0.3, -0.25) is 9.36 Å². The highest BCUT2D eigenvalue weighted by molar-refractivity contribution is 5.87. The zero-order chi connectivity index (χ0) is 22.4. The maximum atomic E-state index is 14.2. The van der Waals surface area contributed by atoms with Gasteiger partial charge in [0.15, 0.2) is 11.6 Å². The lowest BCUT2D eigenvalue weighted by Crippen LogP contribution is -2.22. The van der Waals surface area contributed by atoms with Gasteiger partial charge in [0.05, 0.1) is 22.0 Å². The van der Waals surface area contributed by atoms with Gasteiger partial charge in [-0.1, -0.05) is 0 Å². The molecule has 6 nitrogen and oxygen atoms in total. The Morgan fingerprint density at radius 2 is 1.90 bits per heavy atom. The molecule has 1 heterocycles. The molecule has 158 valence electrons. The highest BCUT2D eigenvalue weighted by atomic mass is 19.4. The Bertz CT molecular complexity index is 1220. The lowest BCUT2D eigenvalue weighted by molar-refractivity contribution is -0.138. The SMILES string of the molecule is Cc1nc2cc(C(F)(F)F)c([C@H](C)Oc3ccc(C(=O)O)cc3F)cc2c(=O)n1C. The Kier molecular flexibility index (Phi) is 5.27. The number of fused-ring (bicyclic) bond motifs is 1. The predicted octanol–water partition coefficient (Wildman–Crippen LogP) is 4.24. The highest BCUT2D eigenvalue weighted by Crippen LogP contribution is 2.38. The van der Waals surface area contributed by atoms with Crippen LogP contribution in [0.5, 0.6) is 5.75 Å². The van der Waals surface area contributed by atoms with Gasteiger partial charge >= 0.3 is 12.1 Å². The fourth-order valence-electron chi connectivity index (χ4n) is 3.01.